The molecule has 1 aliphatic carbocycles. The Hall–Kier alpha value is -1.75. The minimum atomic E-state index is 0.411. The summed E-state index contributed by atoms with van der Waals surface area (Å²) in [5, 5.41) is 10.6. The number of rotatable bonds is 5. The van der Waals surface area contributed by atoms with Crippen LogP contribution in [0.15, 0.2) is 24.4 Å². The van der Waals surface area contributed by atoms with Gasteiger partial charge in [0, 0.05) is 6.07 Å². The van der Waals surface area contributed by atoms with Crippen LogP contribution in [0.3, 0.4) is 0 Å². The predicted molar refractivity (Wildman–Crippen MR) is 75.4 cm³/mol. The second-order valence-corrected chi connectivity index (χ2v) is 5.37. The van der Waals surface area contributed by atoms with Crippen LogP contribution in [0.5, 0.6) is 17.4 Å². The third-order valence-corrected chi connectivity index (χ3v) is 3.78. The first-order chi connectivity index (χ1) is 9.81. The molecule has 0 aliphatic heterocycles. The Balaban J connectivity index is 1.66. The van der Waals surface area contributed by atoms with Gasteiger partial charge in [-0.2, -0.15) is 10.3 Å². The van der Waals surface area contributed by atoms with Crippen molar-refractivity contribution in [2.24, 2.45) is 5.92 Å². The maximum Gasteiger partial charge on any atom is 0.258 e. The van der Waals surface area contributed by atoms with Crippen LogP contribution in [0.4, 0.5) is 0 Å². The highest BCUT2D eigenvalue weighted by atomic mass is 35.5. The van der Waals surface area contributed by atoms with Gasteiger partial charge in [-0.1, -0.05) is 24.4 Å². The largest absolute Gasteiger partial charge is 0.492 e. The molecule has 3 rings (SSSR count). The summed E-state index contributed by atoms with van der Waals surface area (Å²) in [4.78, 5) is 0. The van der Waals surface area contributed by atoms with E-state index in [-0.39, 0.29) is 0 Å². The number of H-pyrrole nitrogens is 1. The minimum Gasteiger partial charge on any atom is -0.492 e. The number of aromatic nitrogens is 3. The van der Waals surface area contributed by atoms with Gasteiger partial charge in [-0.3, -0.25) is 0 Å². The zero-order chi connectivity index (χ0) is 13.8. The van der Waals surface area contributed by atoms with Gasteiger partial charge in [0.1, 0.15) is 17.7 Å². The van der Waals surface area contributed by atoms with Crippen LogP contribution in [-0.4, -0.2) is 22.0 Å². The van der Waals surface area contributed by atoms with Crippen LogP contribution in [0.25, 0.3) is 0 Å². The highest BCUT2D eigenvalue weighted by molar-refractivity contribution is 6.32. The fraction of sp³-hybridized carbons (Fsp3) is 0.429. The molecule has 1 N–H and O–H groups in total. The van der Waals surface area contributed by atoms with Crippen molar-refractivity contribution in [2.75, 3.05) is 6.61 Å². The lowest BCUT2D eigenvalue weighted by atomic mass is 10.1. The Morgan fingerprint density at radius 1 is 1.30 bits per heavy atom. The van der Waals surface area contributed by atoms with E-state index in [9.17, 15) is 0 Å². The van der Waals surface area contributed by atoms with Crippen LogP contribution in [0.1, 0.15) is 25.7 Å². The lowest BCUT2D eigenvalue weighted by Crippen LogP contribution is -2.08. The maximum atomic E-state index is 6.15. The van der Waals surface area contributed by atoms with E-state index in [1.54, 1.807) is 18.2 Å². The zero-order valence-corrected chi connectivity index (χ0v) is 11.8. The van der Waals surface area contributed by atoms with Gasteiger partial charge >= 0.3 is 0 Å². The summed E-state index contributed by atoms with van der Waals surface area (Å²) in [7, 11) is 0. The van der Waals surface area contributed by atoms with Crippen molar-refractivity contribution in [1.82, 2.24) is 15.4 Å². The van der Waals surface area contributed by atoms with E-state index in [2.05, 4.69) is 15.4 Å². The molecular weight excluding hydrogens is 278 g/mol. The summed E-state index contributed by atoms with van der Waals surface area (Å²) in [6.45, 7) is 0.715. The van der Waals surface area contributed by atoms with Gasteiger partial charge in [-0.25, -0.2) is 0 Å². The summed E-state index contributed by atoms with van der Waals surface area (Å²) in [5.41, 5.74) is 0. The van der Waals surface area contributed by atoms with Crippen LogP contribution < -0.4 is 9.47 Å². The Kier molecular flexibility index (Phi) is 4.06. The Labute approximate surface area is 122 Å². The fourth-order valence-electron chi connectivity index (χ4n) is 2.40. The van der Waals surface area contributed by atoms with Crippen LogP contribution in [0.2, 0.25) is 5.02 Å². The van der Waals surface area contributed by atoms with Crippen molar-refractivity contribution in [1.29, 1.82) is 0 Å². The molecule has 0 atom stereocenters. The second kappa shape index (κ2) is 6.13. The number of nitrogens with one attached hydrogen (secondary N) is 1. The van der Waals surface area contributed by atoms with Crippen molar-refractivity contribution in [2.45, 2.75) is 25.7 Å². The van der Waals surface area contributed by atoms with Crippen molar-refractivity contribution < 1.29 is 9.47 Å². The van der Waals surface area contributed by atoms with Crippen LogP contribution in [-0.2, 0) is 0 Å². The summed E-state index contributed by atoms with van der Waals surface area (Å²) in [5.74, 6) is 2.34. The van der Waals surface area contributed by atoms with Crippen molar-refractivity contribution in [3.8, 4) is 17.4 Å². The number of halogens is 1. The van der Waals surface area contributed by atoms with Gasteiger partial charge in [0.25, 0.3) is 5.88 Å². The number of ether oxygens (including phenoxy) is 2. The van der Waals surface area contributed by atoms with Gasteiger partial charge < -0.3 is 9.47 Å². The molecule has 2 aromatic rings. The zero-order valence-electron chi connectivity index (χ0n) is 11.0. The van der Waals surface area contributed by atoms with Gasteiger partial charge in [0.15, 0.2) is 0 Å². The topological polar surface area (TPSA) is 60.0 Å². The highest BCUT2D eigenvalue weighted by Crippen LogP contribution is 2.32. The molecule has 6 heteroatoms. The lowest BCUT2D eigenvalue weighted by Gasteiger charge is -2.13. The van der Waals surface area contributed by atoms with E-state index in [1.165, 1.54) is 31.9 Å². The smallest absolute Gasteiger partial charge is 0.258 e. The third-order valence-electron chi connectivity index (χ3n) is 3.47. The highest BCUT2D eigenvalue weighted by Gasteiger charge is 2.16. The predicted octanol–water partition coefficient (Wildman–Crippen LogP) is 3.82. The molecule has 1 heterocycles. The monoisotopic (exact) mass is 293 g/mol. The third kappa shape index (κ3) is 3.22. The van der Waals surface area contributed by atoms with E-state index >= 15 is 0 Å². The minimum absolute atomic E-state index is 0.411. The van der Waals surface area contributed by atoms with Crippen LogP contribution >= 0.6 is 11.6 Å². The number of benzene rings is 1. The molecule has 0 unspecified atom stereocenters. The molecule has 1 fully saturated rings. The molecule has 0 spiro atoms. The standard InChI is InChI=1S/C14H16ClN3O2/c15-12-6-5-11(20-14-8-16-18-17-14)7-13(12)19-9-10-3-1-2-4-10/h5-8,10H,1-4,9H2,(H,16,17,18). The molecule has 5 nitrogen and oxygen atoms in total. The van der Waals surface area contributed by atoms with Crippen molar-refractivity contribution in [3.05, 3.63) is 29.4 Å². The van der Waals surface area contributed by atoms with E-state index in [4.69, 9.17) is 21.1 Å². The molecule has 1 aromatic carbocycles. The SMILES string of the molecule is Clc1ccc(Oc2cn[nH]n2)cc1OCC1CCCC1. The molecule has 0 amide bonds. The quantitative estimate of drug-likeness (QED) is 0.910. The van der Waals surface area contributed by atoms with E-state index in [1.807, 2.05) is 0 Å². The lowest BCUT2D eigenvalue weighted by molar-refractivity contribution is 0.251. The molecule has 1 saturated carbocycles. The van der Waals surface area contributed by atoms with Gasteiger partial charge in [0.05, 0.1) is 11.6 Å². The molecule has 1 aromatic heterocycles. The number of hydrogen-bond donors (Lipinski definition) is 1. The van der Waals surface area contributed by atoms with Crippen LogP contribution in [0, 0.1) is 5.92 Å². The first-order valence-electron chi connectivity index (χ1n) is 6.77. The molecule has 20 heavy (non-hydrogen) atoms. The summed E-state index contributed by atoms with van der Waals surface area (Å²) < 4.78 is 11.4. The number of nitrogens with zero attached hydrogens (tertiary/aromatic N) is 2. The molecule has 0 radical (unpaired) electrons. The summed E-state index contributed by atoms with van der Waals surface area (Å²) >= 11 is 6.15. The van der Waals surface area contributed by atoms with E-state index in [0.29, 0.717) is 34.9 Å². The molecule has 106 valence electrons. The molecule has 1 aliphatic rings. The second-order valence-electron chi connectivity index (χ2n) is 4.96. The molecule has 0 bridgehead atoms. The van der Waals surface area contributed by atoms with Gasteiger partial charge in [0.2, 0.25) is 0 Å². The fourth-order valence-corrected chi connectivity index (χ4v) is 2.58. The van der Waals surface area contributed by atoms with Gasteiger partial charge in [-0.15, -0.1) is 5.10 Å². The molecular formula is C14H16ClN3O2. The first kappa shape index (κ1) is 13.2. The van der Waals surface area contributed by atoms with E-state index in [0.717, 1.165) is 0 Å². The van der Waals surface area contributed by atoms with Gasteiger partial charge in [-0.05, 0) is 30.9 Å². The Bertz CT molecular complexity index is 554. The average molecular weight is 294 g/mol. The Morgan fingerprint density at radius 2 is 2.15 bits per heavy atom. The number of aromatic amines is 1. The number of hydrogen-bond acceptors (Lipinski definition) is 4. The first-order valence-corrected chi connectivity index (χ1v) is 7.15. The summed E-state index contributed by atoms with van der Waals surface area (Å²) in [6.07, 6.45) is 6.60. The van der Waals surface area contributed by atoms with E-state index < -0.39 is 0 Å². The Morgan fingerprint density at radius 3 is 2.90 bits per heavy atom. The van der Waals surface area contributed by atoms with Crippen molar-refractivity contribution in [3.63, 3.8) is 0 Å². The van der Waals surface area contributed by atoms with Crippen molar-refractivity contribution >= 4 is 11.6 Å². The average Bonchev–Trinajstić information content (AvgIpc) is 3.12. The normalized spacial score (nSPS) is 15.4. The molecule has 0 saturated heterocycles. The maximum absolute atomic E-state index is 6.15. The summed E-state index contributed by atoms with van der Waals surface area (Å²) in [6, 6.07) is 5.33.